The van der Waals surface area contributed by atoms with Gasteiger partial charge in [-0.2, -0.15) is 5.26 Å². The van der Waals surface area contributed by atoms with Gasteiger partial charge in [0.15, 0.2) is 0 Å². The molecule has 0 saturated carbocycles. The molecule has 0 aliphatic carbocycles. The van der Waals surface area contributed by atoms with Crippen LogP contribution in [0.3, 0.4) is 0 Å². The molecule has 1 N–H and O–H groups in total. The number of aromatic nitrogens is 1. The summed E-state index contributed by atoms with van der Waals surface area (Å²) in [5.41, 5.74) is 1.20. The highest BCUT2D eigenvalue weighted by Gasteiger charge is 2.16. The fourth-order valence-corrected chi connectivity index (χ4v) is 1.52. The smallest absolute Gasteiger partial charge is 0.239 e. The fourth-order valence-electron chi connectivity index (χ4n) is 1.52. The van der Waals surface area contributed by atoms with E-state index < -0.39 is 0 Å². The van der Waals surface area contributed by atoms with Crippen LogP contribution in [0.1, 0.15) is 25.1 Å². The quantitative estimate of drug-likeness (QED) is 0.838. The molecule has 1 aromatic rings. The van der Waals surface area contributed by atoms with Gasteiger partial charge in [0.2, 0.25) is 5.91 Å². The molecule has 0 spiro atoms. The molecular formula is C13H18N4O. The van der Waals surface area contributed by atoms with Crippen LogP contribution in [-0.4, -0.2) is 35.4 Å². The molecule has 0 fully saturated rings. The van der Waals surface area contributed by atoms with E-state index in [0.717, 1.165) is 5.56 Å². The minimum Gasteiger partial charge on any atom is -0.345 e. The van der Waals surface area contributed by atoms with Gasteiger partial charge in [-0.15, -0.1) is 0 Å². The SMILES string of the molecule is CCN(C)C(=O)C(C)NCc1cccnc1C#N. The Labute approximate surface area is 107 Å². The number of hydrogen-bond donors (Lipinski definition) is 1. The van der Waals surface area contributed by atoms with Crippen molar-refractivity contribution in [1.82, 2.24) is 15.2 Å². The van der Waals surface area contributed by atoms with Crippen molar-refractivity contribution in [2.24, 2.45) is 0 Å². The van der Waals surface area contributed by atoms with Crippen molar-refractivity contribution >= 4 is 5.91 Å². The second kappa shape index (κ2) is 6.72. The Balaban J connectivity index is 2.60. The topological polar surface area (TPSA) is 69.0 Å². The van der Waals surface area contributed by atoms with Crippen LogP contribution < -0.4 is 5.32 Å². The van der Waals surface area contributed by atoms with Crippen molar-refractivity contribution in [3.8, 4) is 6.07 Å². The summed E-state index contributed by atoms with van der Waals surface area (Å²) in [5.74, 6) is 0.0416. The summed E-state index contributed by atoms with van der Waals surface area (Å²) >= 11 is 0. The number of amides is 1. The maximum atomic E-state index is 11.8. The Hall–Kier alpha value is -1.93. The lowest BCUT2D eigenvalue weighted by Gasteiger charge is -2.20. The molecule has 0 radical (unpaired) electrons. The zero-order valence-electron chi connectivity index (χ0n) is 11.0. The van der Waals surface area contributed by atoms with E-state index in [1.807, 2.05) is 26.0 Å². The summed E-state index contributed by atoms with van der Waals surface area (Å²) in [7, 11) is 1.77. The number of rotatable bonds is 5. The highest BCUT2D eigenvalue weighted by molar-refractivity contribution is 5.81. The van der Waals surface area contributed by atoms with Crippen molar-refractivity contribution in [3.63, 3.8) is 0 Å². The van der Waals surface area contributed by atoms with Gasteiger partial charge in [0.25, 0.3) is 0 Å². The van der Waals surface area contributed by atoms with Gasteiger partial charge >= 0.3 is 0 Å². The van der Waals surface area contributed by atoms with Gasteiger partial charge in [0, 0.05) is 31.9 Å². The summed E-state index contributed by atoms with van der Waals surface area (Å²) in [4.78, 5) is 17.5. The van der Waals surface area contributed by atoms with Gasteiger partial charge in [-0.25, -0.2) is 4.98 Å². The normalized spacial score (nSPS) is 11.7. The Bertz CT molecular complexity index is 453. The number of carbonyl (C=O) groups is 1. The van der Waals surface area contributed by atoms with E-state index in [1.54, 1.807) is 24.2 Å². The third-order valence-corrected chi connectivity index (χ3v) is 2.82. The zero-order valence-corrected chi connectivity index (χ0v) is 11.0. The lowest BCUT2D eigenvalue weighted by Crippen LogP contribution is -2.42. The standard InChI is InChI=1S/C13H18N4O/c1-4-17(3)13(18)10(2)16-9-11-6-5-7-15-12(11)8-14/h5-7,10,16H,4,9H2,1-3H3. The van der Waals surface area contributed by atoms with Crippen molar-refractivity contribution in [1.29, 1.82) is 5.26 Å². The molecule has 1 atom stereocenters. The molecule has 0 aromatic carbocycles. The predicted molar refractivity (Wildman–Crippen MR) is 68.6 cm³/mol. The third kappa shape index (κ3) is 3.54. The number of nitrogens with one attached hydrogen (secondary N) is 1. The average molecular weight is 246 g/mol. The molecule has 5 heteroatoms. The fraction of sp³-hybridized carbons (Fsp3) is 0.462. The number of nitriles is 1. The molecule has 18 heavy (non-hydrogen) atoms. The van der Waals surface area contributed by atoms with Gasteiger partial charge in [-0.1, -0.05) is 6.07 Å². The number of hydrogen-bond acceptors (Lipinski definition) is 4. The molecule has 0 saturated heterocycles. The molecular weight excluding hydrogens is 228 g/mol. The average Bonchev–Trinajstić information content (AvgIpc) is 2.43. The van der Waals surface area contributed by atoms with E-state index in [-0.39, 0.29) is 11.9 Å². The van der Waals surface area contributed by atoms with Crippen molar-refractivity contribution in [3.05, 3.63) is 29.6 Å². The highest BCUT2D eigenvalue weighted by atomic mass is 16.2. The molecule has 0 aliphatic rings. The van der Waals surface area contributed by atoms with Crippen LogP contribution in [-0.2, 0) is 11.3 Å². The summed E-state index contributed by atoms with van der Waals surface area (Å²) in [5, 5.41) is 12.0. The van der Waals surface area contributed by atoms with E-state index in [4.69, 9.17) is 5.26 Å². The Morgan fingerprint density at radius 2 is 2.39 bits per heavy atom. The monoisotopic (exact) mass is 246 g/mol. The van der Waals surface area contributed by atoms with Gasteiger partial charge < -0.3 is 10.2 Å². The molecule has 0 aliphatic heterocycles. The molecule has 96 valence electrons. The molecule has 1 amide bonds. The summed E-state index contributed by atoms with van der Waals surface area (Å²) in [6.07, 6.45) is 1.58. The molecule has 1 aromatic heterocycles. The minimum atomic E-state index is -0.276. The first-order chi connectivity index (χ1) is 8.60. The number of pyridine rings is 1. The highest BCUT2D eigenvalue weighted by Crippen LogP contribution is 2.04. The van der Waals surface area contributed by atoms with Crippen molar-refractivity contribution in [2.75, 3.05) is 13.6 Å². The lowest BCUT2D eigenvalue weighted by molar-refractivity contribution is -0.131. The van der Waals surface area contributed by atoms with Gasteiger partial charge in [-0.05, 0) is 19.9 Å². The molecule has 1 rings (SSSR count). The van der Waals surface area contributed by atoms with E-state index >= 15 is 0 Å². The van der Waals surface area contributed by atoms with Crippen LogP contribution in [0.15, 0.2) is 18.3 Å². The number of likely N-dealkylation sites (N-methyl/N-ethyl adjacent to an activating group) is 1. The van der Waals surface area contributed by atoms with Crippen LogP contribution in [0, 0.1) is 11.3 Å². The van der Waals surface area contributed by atoms with Crippen molar-refractivity contribution < 1.29 is 4.79 Å². The van der Waals surface area contributed by atoms with Crippen LogP contribution in [0.4, 0.5) is 0 Å². The summed E-state index contributed by atoms with van der Waals surface area (Å²) < 4.78 is 0. The maximum absolute atomic E-state index is 11.8. The van der Waals surface area contributed by atoms with E-state index in [0.29, 0.717) is 18.8 Å². The number of carbonyl (C=O) groups excluding carboxylic acids is 1. The van der Waals surface area contributed by atoms with Crippen LogP contribution in [0.2, 0.25) is 0 Å². The van der Waals surface area contributed by atoms with Gasteiger partial charge in [-0.3, -0.25) is 4.79 Å². The van der Waals surface area contributed by atoms with E-state index in [2.05, 4.69) is 10.3 Å². The summed E-state index contributed by atoms with van der Waals surface area (Å²) in [6, 6.07) is 5.37. The second-order valence-corrected chi connectivity index (χ2v) is 4.08. The zero-order chi connectivity index (χ0) is 13.5. The molecule has 1 heterocycles. The Morgan fingerprint density at radius 1 is 1.67 bits per heavy atom. The largest absolute Gasteiger partial charge is 0.345 e. The lowest BCUT2D eigenvalue weighted by atomic mass is 10.2. The summed E-state index contributed by atoms with van der Waals surface area (Å²) in [6.45, 7) is 4.89. The maximum Gasteiger partial charge on any atom is 0.239 e. The predicted octanol–water partition coefficient (Wildman–Crippen LogP) is 0.910. The molecule has 0 bridgehead atoms. The first-order valence-corrected chi connectivity index (χ1v) is 5.92. The molecule has 5 nitrogen and oxygen atoms in total. The first kappa shape index (κ1) is 14.1. The minimum absolute atomic E-state index is 0.0416. The first-order valence-electron chi connectivity index (χ1n) is 5.92. The number of nitrogens with zero attached hydrogens (tertiary/aromatic N) is 3. The Kier molecular flexibility index (Phi) is 5.28. The van der Waals surface area contributed by atoms with Crippen LogP contribution in [0.25, 0.3) is 0 Å². The van der Waals surface area contributed by atoms with E-state index in [9.17, 15) is 4.79 Å². The van der Waals surface area contributed by atoms with Crippen LogP contribution >= 0.6 is 0 Å². The van der Waals surface area contributed by atoms with Crippen molar-refractivity contribution in [2.45, 2.75) is 26.4 Å². The van der Waals surface area contributed by atoms with Gasteiger partial charge in [0.05, 0.1) is 6.04 Å². The molecule has 1 unspecified atom stereocenters. The van der Waals surface area contributed by atoms with E-state index in [1.165, 1.54) is 0 Å². The Morgan fingerprint density at radius 3 is 3.00 bits per heavy atom. The third-order valence-electron chi connectivity index (χ3n) is 2.82. The van der Waals surface area contributed by atoms with Crippen LogP contribution in [0.5, 0.6) is 0 Å². The second-order valence-electron chi connectivity index (χ2n) is 4.08. The van der Waals surface area contributed by atoms with Gasteiger partial charge in [0.1, 0.15) is 11.8 Å².